The van der Waals surface area contributed by atoms with Gasteiger partial charge in [0, 0.05) is 13.0 Å². The van der Waals surface area contributed by atoms with E-state index in [0.29, 0.717) is 16.2 Å². The zero-order valence-electron chi connectivity index (χ0n) is 10.4. The Bertz CT molecular complexity index is 569. The number of ether oxygens (including phenoxy) is 2. The molecule has 0 fully saturated rings. The molecule has 0 aliphatic rings. The third-order valence-electron chi connectivity index (χ3n) is 2.38. The van der Waals surface area contributed by atoms with Crippen LogP contribution in [0.25, 0.3) is 0 Å². The number of aromatic nitrogens is 1. The molecule has 0 saturated carbocycles. The van der Waals surface area contributed by atoms with Crippen LogP contribution in [0.4, 0.5) is 0 Å². The number of benzene rings is 1. The summed E-state index contributed by atoms with van der Waals surface area (Å²) >= 11 is 0. The fourth-order valence-electron chi connectivity index (χ4n) is 1.49. The van der Waals surface area contributed by atoms with E-state index in [-0.39, 0.29) is 12.5 Å². The summed E-state index contributed by atoms with van der Waals surface area (Å²) in [7, 11) is 0. The molecular formula is C14H13NO4. The lowest BCUT2D eigenvalue weighted by Gasteiger charge is -2.09. The van der Waals surface area contributed by atoms with Gasteiger partial charge in [-0.3, -0.25) is 4.79 Å². The smallest absolute Gasteiger partial charge is 0.385 e. The molecule has 0 aliphatic heterocycles. The second kappa shape index (κ2) is 5.86. The van der Waals surface area contributed by atoms with Crippen molar-refractivity contribution in [3.63, 3.8) is 0 Å². The molecule has 1 aromatic carbocycles. The Morgan fingerprint density at radius 3 is 2.58 bits per heavy atom. The van der Waals surface area contributed by atoms with Crippen LogP contribution in [-0.4, -0.2) is 5.97 Å². The SMILES string of the molecule is CC(=O)OCc1cccc(Oc2ccccc2)[n+]1[O-]. The van der Waals surface area contributed by atoms with E-state index in [9.17, 15) is 10.0 Å². The lowest BCUT2D eigenvalue weighted by Crippen LogP contribution is -2.34. The minimum absolute atomic E-state index is 0.0785. The maximum absolute atomic E-state index is 12.0. The summed E-state index contributed by atoms with van der Waals surface area (Å²) in [4.78, 5) is 10.7. The standard InChI is InChI=1S/C14H13NO4/c1-11(16)18-10-12-6-5-9-14(15(12)17)19-13-7-3-2-4-8-13/h2-9H,10H2,1H3. The first kappa shape index (κ1) is 12.9. The third-order valence-corrected chi connectivity index (χ3v) is 2.38. The Kier molecular flexibility index (Phi) is 3.97. The van der Waals surface area contributed by atoms with E-state index >= 15 is 0 Å². The average molecular weight is 259 g/mol. The largest absolute Gasteiger partial charge is 0.616 e. The third kappa shape index (κ3) is 3.45. The molecule has 2 aromatic rings. The highest BCUT2D eigenvalue weighted by Gasteiger charge is 2.14. The van der Waals surface area contributed by atoms with Gasteiger partial charge in [-0.2, -0.15) is 0 Å². The Balaban J connectivity index is 2.17. The molecule has 5 nitrogen and oxygen atoms in total. The molecule has 5 heteroatoms. The van der Waals surface area contributed by atoms with Gasteiger partial charge in [-0.1, -0.05) is 18.2 Å². The van der Waals surface area contributed by atoms with E-state index in [1.807, 2.05) is 18.2 Å². The van der Waals surface area contributed by atoms with Crippen LogP contribution in [-0.2, 0) is 16.1 Å². The first-order valence-electron chi connectivity index (χ1n) is 5.74. The van der Waals surface area contributed by atoms with Crippen molar-refractivity contribution < 1.29 is 19.0 Å². The summed E-state index contributed by atoms with van der Waals surface area (Å²) in [6, 6.07) is 13.8. The number of para-hydroxylation sites is 1. The van der Waals surface area contributed by atoms with Gasteiger partial charge in [0.15, 0.2) is 6.61 Å². The van der Waals surface area contributed by atoms with Crippen molar-refractivity contribution in [3.05, 3.63) is 59.4 Å². The van der Waals surface area contributed by atoms with Gasteiger partial charge in [-0.25, -0.2) is 0 Å². The Hall–Kier alpha value is -2.56. The van der Waals surface area contributed by atoms with Gasteiger partial charge in [0.25, 0.3) is 0 Å². The van der Waals surface area contributed by atoms with Gasteiger partial charge in [0.2, 0.25) is 5.69 Å². The Labute approximate surface area is 110 Å². The highest BCUT2D eigenvalue weighted by molar-refractivity contribution is 5.65. The number of carbonyl (C=O) groups excluding carboxylic acids is 1. The summed E-state index contributed by atoms with van der Waals surface area (Å²) in [6.45, 7) is 1.21. The predicted molar refractivity (Wildman–Crippen MR) is 67.4 cm³/mol. The van der Waals surface area contributed by atoms with Crippen LogP contribution in [0.15, 0.2) is 48.5 Å². The molecule has 1 aromatic heterocycles. The fraction of sp³-hybridized carbons (Fsp3) is 0.143. The van der Waals surface area contributed by atoms with E-state index in [1.165, 1.54) is 6.92 Å². The average Bonchev–Trinajstić information content (AvgIpc) is 2.41. The lowest BCUT2D eigenvalue weighted by molar-refractivity contribution is -0.621. The van der Waals surface area contributed by atoms with Gasteiger partial charge in [-0.15, -0.1) is 4.73 Å². The molecule has 0 atom stereocenters. The number of rotatable bonds is 4. The van der Waals surface area contributed by atoms with Crippen molar-refractivity contribution in [1.29, 1.82) is 0 Å². The quantitative estimate of drug-likeness (QED) is 0.479. The second-order valence-corrected chi connectivity index (χ2v) is 3.85. The summed E-state index contributed by atoms with van der Waals surface area (Å²) in [6.07, 6.45) is 0. The Morgan fingerprint density at radius 1 is 1.16 bits per heavy atom. The highest BCUT2D eigenvalue weighted by Crippen LogP contribution is 2.17. The monoisotopic (exact) mass is 259 g/mol. The van der Waals surface area contributed by atoms with Crippen LogP contribution in [0, 0.1) is 5.21 Å². The molecule has 0 bridgehead atoms. The minimum atomic E-state index is -0.436. The molecule has 0 spiro atoms. The van der Waals surface area contributed by atoms with Crippen molar-refractivity contribution in [2.75, 3.05) is 0 Å². The van der Waals surface area contributed by atoms with E-state index in [1.54, 1.807) is 30.3 Å². The zero-order valence-corrected chi connectivity index (χ0v) is 10.4. The summed E-state index contributed by atoms with van der Waals surface area (Å²) in [5, 5.41) is 12.0. The molecule has 98 valence electrons. The number of pyridine rings is 1. The number of hydrogen-bond acceptors (Lipinski definition) is 4. The normalized spacial score (nSPS) is 9.95. The van der Waals surface area contributed by atoms with E-state index < -0.39 is 5.97 Å². The van der Waals surface area contributed by atoms with E-state index in [4.69, 9.17) is 9.47 Å². The Morgan fingerprint density at radius 2 is 1.89 bits per heavy atom. The first-order chi connectivity index (χ1) is 9.16. The number of nitrogens with zero attached hydrogens (tertiary/aromatic N) is 1. The summed E-state index contributed by atoms with van der Waals surface area (Å²) in [5.41, 5.74) is 0.309. The van der Waals surface area contributed by atoms with Crippen molar-refractivity contribution in [3.8, 4) is 11.6 Å². The first-order valence-corrected chi connectivity index (χ1v) is 5.74. The molecular weight excluding hydrogens is 246 g/mol. The molecule has 0 unspecified atom stereocenters. The van der Waals surface area contributed by atoms with Gasteiger partial charge in [0.05, 0.1) is 6.07 Å². The van der Waals surface area contributed by atoms with Crippen LogP contribution in [0.2, 0.25) is 0 Å². The van der Waals surface area contributed by atoms with Crippen molar-refractivity contribution >= 4 is 5.97 Å². The number of hydrogen-bond donors (Lipinski definition) is 0. The molecule has 19 heavy (non-hydrogen) atoms. The molecule has 0 N–H and O–H groups in total. The maximum atomic E-state index is 12.0. The van der Waals surface area contributed by atoms with Crippen molar-refractivity contribution in [1.82, 2.24) is 0 Å². The van der Waals surface area contributed by atoms with Crippen molar-refractivity contribution in [2.45, 2.75) is 13.5 Å². The van der Waals surface area contributed by atoms with Crippen LogP contribution in [0.1, 0.15) is 12.6 Å². The maximum Gasteiger partial charge on any atom is 0.385 e. The second-order valence-electron chi connectivity index (χ2n) is 3.85. The molecule has 0 saturated heterocycles. The zero-order chi connectivity index (χ0) is 13.7. The molecule has 1 heterocycles. The van der Waals surface area contributed by atoms with Gasteiger partial charge in [0.1, 0.15) is 5.75 Å². The van der Waals surface area contributed by atoms with Gasteiger partial charge < -0.3 is 14.7 Å². The number of carbonyl (C=O) groups is 1. The lowest BCUT2D eigenvalue weighted by atomic mass is 10.3. The molecule has 0 amide bonds. The van der Waals surface area contributed by atoms with E-state index in [0.717, 1.165) is 0 Å². The van der Waals surface area contributed by atoms with Crippen LogP contribution in [0.3, 0.4) is 0 Å². The van der Waals surface area contributed by atoms with E-state index in [2.05, 4.69) is 0 Å². The highest BCUT2D eigenvalue weighted by atomic mass is 16.6. The van der Waals surface area contributed by atoms with Crippen molar-refractivity contribution in [2.24, 2.45) is 0 Å². The fourth-order valence-corrected chi connectivity index (χ4v) is 1.49. The van der Waals surface area contributed by atoms with Crippen LogP contribution in [0.5, 0.6) is 11.6 Å². The molecule has 2 rings (SSSR count). The van der Waals surface area contributed by atoms with Gasteiger partial charge in [-0.05, 0) is 18.2 Å². The molecule has 0 aliphatic carbocycles. The van der Waals surface area contributed by atoms with Gasteiger partial charge >= 0.3 is 11.8 Å². The topological polar surface area (TPSA) is 62.5 Å². The summed E-state index contributed by atoms with van der Waals surface area (Å²) in [5.74, 6) is 0.266. The minimum Gasteiger partial charge on any atom is -0.616 e. The number of esters is 1. The molecule has 0 radical (unpaired) electrons. The van der Waals surface area contributed by atoms with Crippen LogP contribution < -0.4 is 9.47 Å². The van der Waals surface area contributed by atoms with Crippen LogP contribution >= 0.6 is 0 Å². The predicted octanol–water partition coefficient (Wildman–Crippen LogP) is 2.18. The summed E-state index contributed by atoms with van der Waals surface area (Å²) < 4.78 is 10.9.